The standard InChI is InChI=1S/C16H26N2O2/c1-19-16-8-3-2-6-13(16)12-14(18-17)9-10-15-7-4-5-11-20-15/h2-3,6,8,14-15,18H,4-5,7,9-12,17H2,1H3. The lowest BCUT2D eigenvalue weighted by atomic mass is 9.97. The third-order valence-corrected chi connectivity index (χ3v) is 4.01. The first-order valence-electron chi connectivity index (χ1n) is 7.53. The molecule has 0 spiro atoms. The molecule has 1 saturated heterocycles. The number of hydrogen-bond donors (Lipinski definition) is 2. The molecule has 3 N–H and O–H groups in total. The molecule has 0 bridgehead atoms. The van der Waals surface area contributed by atoms with Gasteiger partial charge in [0.15, 0.2) is 0 Å². The van der Waals surface area contributed by atoms with Crippen LogP contribution in [0.1, 0.15) is 37.7 Å². The number of ether oxygens (including phenoxy) is 2. The molecule has 1 heterocycles. The molecule has 2 unspecified atom stereocenters. The molecule has 20 heavy (non-hydrogen) atoms. The van der Waals surface area contributed by atoms with Crippen LogP contribution >= 0.6 is 0 Å². The summed E-state index contributed by atoms with van der Waals surface area (Å²) in [4.78, 5) is 0. The zero-order valence-corrected chi connectivity index (χ0v) is 12.3. The maximum Gasteiger partial charge on any atom is 0.122 e. The summed E-state index contributed by atoms with van der Waals surface area (Å²) in [6.45, 7) is 0.915. The normalized spacial score (nSPS) is 20.6. The van der Waals surface area contributed by atoms with Gasteiger partial charge in [0.25, 0.3) is 0 Å². The van der Waals surface area contributed by atoms with Gasteiger partial charge >= 0.3 is 0 Å². The molecule has 0 aliphatic carbocycles. The maximum atomic E-state index is 5.77. The van der Waals surface area contributed by atoms with E-state index >= 15 is 0 Å². The van der Waals surface area contributed by atoms with Crippen LogP contribution in [0.15, 0.2) is 24.3 Å². The van der Waals surface area contributed by atoms with Gasteiger partial charge in [-0.05, 0) is 50.2 Å². The van der Waals surface area contributed by atoms with Gasteiger partial charge in [0.05, 0.1) is 13.2 Å². The Kier molecular flexibility index (Phi) is 6.30. The topological polar surface area (TPSA) is 56.5 Å². The minimum Gasteiger partial charge on any atom is -0.496 e. The van der Waals surface area contributed by atoms with Gasteiger partial charge in [0, 0.05) is 12.6 Å². The third kappa shape index (κ3) is 4.47. The Morgan fingerprint density at radius 2 is 2.25 bits per heavy atom. The van der Waals surface area contributed by atoms with Crippen LogP contribution in [0.2, 0.25) is 0 Å². The quantitative estimate of drug-likeness (QED) is 0.594. The van der Waals surface area contributed by atoms with Crippen LogP contribution in [0.25, 0.3) is 0 Å². The fourth-order valence-corrected chi connectivity index (χ4v) is 2.80. The summed E-state index contributed by atoms with van der Waals surface area (Å²) in [6, 6.07) is 8.38. The van der Waals surface area contributed by atoms with E-state index in [-0.39, 0.29) is 6.04 Å². The van der Waals surface area contributed by atoms with Gasteiger partial charge in [-0.1, -0.05) is 18.2 Å². The summed E-state index contributed by atoms with van der Waals surface area (Å²) < 4.78 is 11.2. The molecule has 1 aromatic rings. The van der Waals surface area contributed by atoms with Crippen LogP contribution in [0.3, 0.4) is 0 Å². The molecule has 0 saturated carbocycles. The van der Waals surface area contributed by atoms with Crippen molar-refractivity contribution in [1.82, 2.24) is 5.43 Å². The van der Waals surface area contributed by atoms with Crippen LogP contribution in [-0.4, -0.2) is 25.9 Å². The van der Waals surface area contributed by atoms with Gasteiger partial charge in [-0.2, -0.15) is 0 Å². The molecule has 0 radical (unpaired) electrons. The zero-order chi connectivity index (χ0) is 14.2. The smallest absolute Gasteiger partial charge is 0.122 e. The lowest BCUT2D eigenvalue weighted by Gasteiger charge is -2.25. The second-order valence-corrected chi connectivity index (χ2v) is 5.45. The Morgan fingerprint density at radius 1 is 1.40 bits per heavy atom. The fourth-order valence-electron chi connectivity index (χ4n) is 2.80. The van der Waals surface area contributed by atoms with E-state index in [0.29, 0.717) is 6.10 Å². The molecular weight excluding hydrogens is 252 g/mol. The predicted octanol–water partition coefficient (Wildman–Crippen LogP) is 2.42. The number of nitrogens with two attached hydrogens (primary N) is 1. The summed E-state index contributed by atoms with van der Waals surface area (Å²) in [5, 5.41) is 0. The van der Waals surface area contributed by atoms with E-state index in [1.165, 1.54) is 24.8 Å². The van der Waals surface area contributed by atoms with Gasteiger partial charge in [0.1, 0.15) is 5.75 Å². The Morgan fingerprint density at radius 3 is 2.95 bits per heavy atom. The van der Waals surface area contributed by atoms with Crippen molar-refractivity contribution >= 4 is 0 Å². The number of rotatable bonds is 7. The molecule has 0 amide bonds. The van der Waals surface area contributed by atoms with Gasteiger partial charge in [0.2, 0.25) is 0 Å². The van der Waals surface area contributed by atoms with E-state index in [0.717, 1.165) is 31.6 Å². The van der Waals surface area contributed by atoms with Crippen LogP contribution in [0.4, 0.5) is 0 Å². The van der Waals surface area contributed by atoms with Gasteiger partial charge < -0.3 is 9.47 Å². The van der Waals surface area contributed by atoms with E-state index in [4.69, 9.17) is 15.3 Å². The summed E-state index contributed by atoms with van der Waals surface area (Å²) in [5.41, 5.74) is 4.13. The largest absolute Gasteiger partial charge is 0.496 e. The number of hydrazine groups is 1. The first-order valence-corrected chi connectivity index (χ1v) is 7.53. The van der Waals surface area contributed by atoms with Crippen molar-refractivity contribution in [2.75, 3.05) is 13.7 Å². The Hall–Kier alpha value is -1.10. The average molecular weight is 278 g/mol. The van der Waals surface area contributed by atoms with Crippen LogP contribution in [0, 0.1) is 0 Å². The maximum absolute atomic E-state index is 5.77. The zero-order valence-electron chi connectivity index (χ0n) is 12.3. The second-order valence-electron chi connectivity index (χ2n) is 5.45. The fraction of sp³-hybridized carbons (Fsp3) is 0.625. The Bertz CT molecular complexity index is 392. The first-order chi connectivity index (χ1) is 9.83. The highest BCUT2D eigenvalue weighted by molar-refractivity contribution is 5.33. The average Bonchev–Trinajstić information content (AvgIpc) is 2.52. The second kappa shape index (κ2) is 8.25. The monoisotopic (exact) mass is 278 g/mol. The number of para-hydroxylation sites is 1. The number of methoxy groups -OCH3 is 1. The SMILES string of the molecule is COc1ccccc1CC(CCC1CCCCO1)NN. The number of benzene rings is 1. The number of nitrogens with one attached hydrogen (secondary N) is 1. The van der Waals surface area contributed by atoms with Gasteiger partial charge in [-0.15, -0.1) is 0 Å². The Labute approximate surface area is 121 Å². The minimum atomic E-state index is 0.261. The summed E-state index contributed by atoms with van der Waals surface area (Å²) in [7, 11) is 1.71. The molecule has 112 valence electrons. The minimum absolute atomic E-state index is 0.261. The molecule has 1 aliphatic rings. The lowest BCUT2D eigenvalue weighted by Crippen LogP contribution is -2.37. The van der Waals surface area contributed by atoms with Gasteiger partial charge in [-0.3, -0.25) is 11.3 Å². The molecule has 2 atom stereocenters. The van der Waals surface area contributed by atoms with Crippen molar-refractivity contribution in [2.45, 2.75) is 50.7 Å². The van der Waals surface area contributed by atoms with E-state index < -0.39 is 0 Å². The van der Waals surface area contributed by atoms with Crippen molar-refractivity contribution < 1.29 is 9.47 Å². The van der Waals surface area contributed by atoms with Crippen LogP contribution in [0.5, 0.6) is 5.75 Å². The molecule has 1 fully saturated rings. The molecule has 1 aromatic carbocycles. The highest BCUT2D eigenvalue weighted by atomic mass is 16.5. The highest BCUT2D eigenvalue weighted by Crippen LogP contribution is 2.22. The van der Waals surface area contributed by atoms with E-state index in [1.54, 1.807) is 7.11 Å². The molecule has 1 aliphatic heterocycles. The van der Waals surface area contributed by atoms with Crippen molar-refractivity contribution in [2.24, 2.45) is 5.84 Å². The van der Waals surface area contributed by atoms with Crippen molar-refractivity contribution in [3.05, 3.63) is 29.8 Å². The molecular formula is C16H26N2O2. The first kappa shape index (κ1) is 15.3. The molecule has 4 nitrogen and oxygen atoms in total. The summed E-state index contributed by atoms with van der Waals surface area (Å²) >= 11 is 0. The third-order valence-electron chi connectivity index (χ3n) is 4.01. The molecule has 4 heteroatoms. The molecule has 0 aromatic heterocycles. The lowest BCUT2D eigenvalue weighted by molar-refractivity contribution is 0.00858. The Balaban J connectivity index is 1.84. The van der Waals surface area contributed by atoms with E-state index in [1.807, 2.05) is 18.2 Å². The summed E-state index contributed by atoms with van der Waals surface area (Å²) in [6.07, 6.45) is 7.08. The highest BCUT2D eigenvalue weighted by Gasteiger charge is 2.17. The van der Waals surface area contributed by atoms with E-state index in [2.05, 4.69) is 11.5 Å². The van der Waals surface area contributed by atoms with E-state index in [9.17, 15) is 0 Å². The number of hydrogen-bond acceptors (Lipinski definition) is 4. The summed E-state index contributed by atoms with van der Waals surface area (Å²) in [5.74, 6) is 6.63. The van der Waals surface area contributed by atoms with Crippen molar-refractivity contribution in [3.8, 4) is 5.75 Å². The molecule has 2 rings (SSSR count). The van der Waals surface area contributed by atoms with Gasteiger partial charge in [-0.25, -0.2) is 0 Å². The van der Waals surface area contributed by atoms with Crippen LogP contribution < -0.4 is 16.0 Å². The predicted molar refractivity (Wildman–Crippen MR) is 80.6 cm³/mol. The van der Waals surface area contributed by atoms with Crippen LogP contribution in [-0.2, 0) is 11.2 Å². The van der Waals surface area contributed by atoms with Crippen molar-refractivity contribution in [3.63, 3.8) is 0 Å². The van der Waals surface area contributed by atoms with Crippen molar-refractivity contribution in [1.29, 1.82) is 0 Å².